The van der Waals surface area contributed by atoms with Crippen LogP contribution in [0.15, 0.2) is 0 Å². The van der Waals surface area contributed by atoms with E-state index in [0.717, 1.165) is 6.42 Å². The predicted octanol–water partition coefficient (Wildman–Crippen LogP) is 8.52. The highest BCUT2D eigenvalue weighted by Crippen LogP contribution is 2.67. The molecule has 8 atom stereocenters. The van der Waals surface area contributed by atoms with Gasteiger partial charge in [-0.05, 0) is 68.1 Å². The quantitative estimate of drug-likeness (QED) is 0.208. The van der Waals surface area contributed by atoms with Gasteiger partial charge in [0, 0.05) is 11.3 Å². The number of fused-ring (bicyclic) bond motifs is 5. The van der Waals surface area contributed by atoms with E-state index in [2.05, 4.69) is 4.74 Å². The van der Waals surface area contributed by atoms with Gasteiger partial charge < -0.3 is 9.47 Å². The van der Waals surface area contributed by atoms with Gasteiger partial charge in [-0.3, -0.25) is 0 Å². The monoisotopic (exact) mass is 684 g/mol. The summed E-state index contributed by atoms with van der Waals surface area (Å²) in [4.78, 5) is 24.4. The molecule has 4 rings (SSSR count). The summed E-state index contributed by atoms with van der Waals surface area (Å²) in [5.74, 6) is -35.3. The molecule has 3 unspecified atom stereocenters. The Balaban J connectivity index is 1.66. The Labute approximate surface area is 247 Å². The summed E-state index contributed by atoms with van der Waals surface area (Å²) in [7, 11) is 0. The molecule has 0 aromatic heterocycles. The summed E-state index contributed by atoms with van der Waals surface area (Å²) in [6.07, 6.45) is -15.1. The highest BCUT2D eigenvalue weighted by molar-refractivity contribution is 5.80. The lowest BCUT2D eigenvalue weighted by atomic mass is 9.44. The lowest BCUT2D eigenvalue weighted by Crippen LogP contribution is -2.61. The molecule has 45 heavy (non-hydrogen) atoms. The molecule has 4 fully saturated rings. The van der Waals surface area contributed by atoms with Crippen LogP contribution in [0, 0.1) is 34.5 Å². The third-order valence-corrected chi connectivity index (χ3v) is 11.0. The molecule has 0 aromatic rings. The molecule has 0 N–H and O–H groups in total. The summed E-state index contributed by atoms with van der Waals surface area (Å²) in [5, 5.41) is 0. The van der Waals surface area contributed by atoms with Crippen LogP contribution in [0.25, 0.3) is 0 Å². The fraction of sp³-hybridized carbons (Fsp3) is 0.926. The maximum atomic E-state index is 14.3. The van der Waals surface area contributed by atoms with E-state index < -0.39 is 88.8 Å². The van der Waals surface area contributed by atoms with Crippen molar-refractivity contribution < 1.29 is 80.5 Å². The van der Waals surface area contributed by atoms with Gasteiger partial charge in [-0.15, -0.1) is 0 Å². The highest BCUT2D eigenvalue weighted by Gasteiger charge is 2.79. The van der Waals surface area contributed by atoms with Gasteiger partial charge in [-0.2, -0.15) is 61.5 Å². The second-order valence-corrected chi connectivity index (χ2v) is 13.2. The van der Waals surface area contributed by atoms with Crippen molar-refractivity contribution in [3.05, 3.63) is 0 Å². The van der Waals surface area contributed by atoms with Crippen molar-refractivity contribution in [3.63, 3.8) is 0 Å². The summed E-state index contributed by atoms with van der Waals surface area (Å²) in [6, 6.07) is 0. The van der Waals surface area contributed by atoms with Crippen LogP contribution in [0.3, 0.4) is 0 Å². The standard InChI is InChI=1S/C27H30F14O4/c1-20-9-4-3-5-12(20)11-15(44-18(42)22(28,29)24(32,33)26(36,37)38)17-13-6-7-16(21(13,2)10-8-14(17)20)45-19(43)23(30,31)25(34,35)27(39,40)41/h12-17H,3-11H2,1-2H3/t12-,13?,14?,15+,16+,17?,20+,21+/m1/s1. The molecule has 0 saturated heterocycles. The molecule has 4 saturated carbocycles. The van der Waals surface area contributed by atoms with Gasteiger partial charge in [0.05, 0.1) is 0 Å². The zero-order chi connectivity index (χ0) is 34.4. The third-order valence-electron chi connectivity index (χ3n) is 11.0. The number of hydrogen-bond donors (Lipinski definition) is 0. The topological polar surface area (TPSA) is 52.6 Å². The largest absolute Gasteiger partial charge is 0.460 e. The number of esters is 2. The first-order chi connectivity index (χ1) is 20.2. The van der Waals surface area contributed by atoms with Gasteiger partial charge in [0.2, 0.25) is 0 Å². The van der Waals surface area contributed by atoms with Gasteiger partial charge in [0.15, 0.2) is 0 Å². The van der Waals surface area contributed by atoms with E-state index in [-0.39, 0.29) is 38.0 Å². The van der Waals surface area contributed by atoms with Crippen molar-refractivity contribution in [3.8, 4) is 0 Å². The number of carbonyl (C=O) groups excluding carboxylic acids is 2. The molecule has 0 amide bonds. The highest BCUT2D eigenvalue weighted by atomic mass is 19.4. The zero-order valence-electron chi connectivity index (χ0n) is 23.8. The minimum Gasteiger partial charge on any atom is -0.457 e. The molecule has 0 aromatic carbocycles. The normalized spacial score (nSPS) is 36.4. The Bertz CT molecular complexity index is 1170. The first-order valence-electron chi connectivity index (χ1n) is 14.2. The van der Waals surface area contributed by atoms with E-state index in [1.54, 1.807) is 0 Å². The van der Waals surface area contributed by atoms with Crippen molar-refractivity contribution in [2.24, 2.45) is 34.5 Å². The van der Waals surface area contributed by atoms with Crippen LogP contribution in [0.4, 0.5) is 61.5 Å². The SMILES string of the molecule is C[C@]12CCC3C(C1CC[C@@H]2OC(=O)C(F)(F)C(F)(F)C(F)(F)F)[C@@H](OC(=O)C(F)(F)C(F)(F)C(F)(F)F)C[C@H]1CCCC[C@]31C. The van der Waals surface area contributed by atoms with E-state index in [0.29, 0.717) is 19.3 Å². The fourth-order valence-corrected chi connectivity index (χ4v) is 8.53. The van der Waals surface area contributed by atoms with E-state index in [1.807, 2.05) is 6.92 Å². The van der Waals surface area contributed by atoms with E-state index >= 15 is 0 Å². The molecule has 18 heteroatoms. The molecule has 4 aliphatic carbocycles. The Hall–Kier alpha value is -2.04. The maximum absolute atomic E-state index is 14.3. The first-order valence-corrected chi connectivity index (χ1v) is 14.2. The summed E-state index contributed by atoms with van der Waals surface area (Å²) in [6.45, 7) is 3.20. The third kappa shape index (κ3) is 5.25. The van der Waals surface area contributed by atoms with Gasteiger partial charge in [0.25, 0.3) is 0 Å². The number of halogens is 14. The molecule has 0 radical (unpaired) electrons. The number of ether oxygens (including phenoxy) is 2. The average Bonchev–Trinajstić information content (AvgIpc) is 3.23. The fourth-order valence-electron chi connectivity index (χ4n) is 8.53. The molecular formula is C27H30F14O4. The van der Waals surface area contributed by atoms with Crippen LogP contribution in [0.2, 0.25) is 0 Å². The van der Waals surface area contributed by atoms with Crippen molar-refractivity contribution in [1.29, 1.82) is 0 Å². The van der Waals surface area contributed by atoms with E-state index in [9.17, 15) is 71.1 Å². The van der Waals surface area contributed by atoms with Crippen LogP contribution in [0.5, 0.6) is 0 Å². The Morgan fingerprint density at radius 2 is 1.09 bits per heavy atom. The number of hydrogen-bond acceptors (Lipinski definition) is 4. The van der Waals surface area contributed by atoms with Crippen LogP contribution >= 0.6 is 0 Å². The molecule has 0 spiro atoms. The molecule has 0 aliphatic heterocycles. The minimum atomic E-state index is -6.82. The second kappa shape index (κ2) is 10.7. The van der Waals surface area contributed by atoms with E-state index in [4.69, 9.17) is 4.74 Å². The van der Waals surface area contributed by atoms with Crippen LogP contribution in [-0.2, 0) is 19.1 Å². The summed E-state index contributed by atoms with van der Waals surface area (Å²) >= 11 is 0. The van der Waals surface area contributed by atoms with Gasteiger partial charge >= 0.3 is 48.0 Å². The Morgan fingerprint density at radius 3 is 1.60 bits per heavy atom. The summed E-state index contributed by atoms with van der Waals surface area (Å²) in [5.41, 5.74) is -2.02. The number of alkyl halides is 14. The zero-order valence-corrected chi connectivity index (χ0v) is 23.8. The molecule has 0 heterocycles. The predicted molar refractivity (Wildman–Crippen MR) is 123 cm³/mol. The van der Waals surface area contributed by atoms with Crippen molar-refractivity contribution in [1.82, 2.24) is 0 Å². The van der Waals surface area contributed by atoms with Crippen molar-refractivity contribution in [2.75, 3.05) is 0 Å². The molecule has 260 valence electrons. The number of carbonyl (C=O) groups is 2. The van der Waals surface area contributed by atoms with Crippen LogP contribution < -0.4 is 0 Å². The summed E-state index contributed by atoms with van der Waals surface area (Å²) < 4.78 is 197. The van der Waals surface area contributed by atoms with E-state index in [1.165, 1.54) is 6.92 Å². The molecule has 4 nitrogen and oxygen atoms in total. The molecule has 0 bridgehead atoms. The number of rotatable bonds is 6. The van der Waals surface area contributed by atoms with Crippen molar-refractivity contribution in [2.45, 2.75) is 120 Å². The lowest BCUT2D eigenvalue weighted by Gasteiger charge is -2.62. The Morgan fingerprint density at radius 1 is 0.600 bits per heavy atom. The van der Waals surface area contributed by atoms with Crippen molar-refractivity contribution >= 4 is 11.9 Å². The Kier molecular flexibility index (Phi) is 8.55. The molecule has 4 aliphatic rings. The van der Waals surface area contributed by atoms with Gasteiger partial charge in [0.1, 0.15) is 12.2 Å². The lowest BCUT2D eigenvalue weighted by molar-refractivity contribution is -0.350. The van der Waals surface area contributed by atoms with Crippen LogP contribution in [-0.4, -0.2) is 60.2 Å². The maximum Gasteiger partial charge on any atom is 0.460 e. The average molecular weight is 685 g/mol. The van der Waals surface area contributed by atoms with Gasteiger partial charge in [-0.1, -0.05) is 26.7 Å². The van der Waals surface area contributed by atoms with Gasteiger partial charge in [-0.25, -0.2) is 9.59 Å². The smallest absolute Gasteiger partial charge is 0.457 e. The molecular weight excluding hydrogens is 654 g/mol. The second-order valence-electron chi connectivity index (χ2n) is 13.2. The van der Waals surface area contributed by atoms with Crippen LogP contribution in [0.1, 0.15) is 71.6 Å². The first kappa shape index (κ1) is 35.8. The minimum absolute atomic E-state index is 0.0172.